The molecule has 0 unspecified atom stereocenters. The summed E-state index contributed by atoms with van der Waals surface area (Å²) in [5, 5.41) is 7.92. The van der Waals surface area contributed by atoms with Crippen molar-refractivity contribution >= 4 is 17.6 Å². The molecule has 0 aliphatic rings. The van der Waals surface area contributed by atoms with Gasteiger partial charge in [-0.3, -0.25) is 4.79 Å². The summed E-state index contributed by atoms with van der Waals surface area (Å²) in [5.41, 5.74) is 1.99. The van der Waals surface area contributed by atoms with Crippen LogP contribution in [0.2, 0.25) is 0 Å². The summed E-state index contributed by atoms with van der Waals surface area (Å²) in [6, 6.07) is 7.31. The minimum absolute atomic E-state index is 0.0219. The maximum atomic E-state index is 11.7. The molecular formula is C16H25N3O2. The Hall–Kier alpha value is -2.04. The van der Waals surface area contributed by atoms with E-state index in [0.717, 1.165) is 6.42 Å². The Morgan fingerprint density at radius 3 is 2.19 bits per heavy atom. The fraction of sp³-hybridized carbons (Fsp3) is 0.500. The Morgan fingerprint density at radius 1 is 1.05 bits per heavy atom. The summed E-state index contributed by atoms with van der Waals surface area (Å²) < 4.78 is 0. The molecule has 5 nitrogen and oxygen atoms in total. The molecule has 0 atom stereocenters. The molecule has 1 rings (SSSR count). The number of benzene rings is 1. The molecule has 0 fully saturated rings. The van der Waals surface area contributed by atoms with Crippen LogP contribution in [0.15, 0.2) is 24.3 Å². The molecular weight excluding hydrogens is 266 g/mol. The SMILES string of the molecule is CCCNC(=O)CNC(=O)Nc1ccc(C(C)(C)C)cc1. The third-order valence-corrected chi connectivity index (χ3v) is 2.99. The quantitative estimate of drug-likeness (QED) is 0.780. The summed E-state index contributed by atoms with van der Waals surface area (Å²) in [4.78, 5) is 23.0. The molecule has 0 spiro atoms. The summed E-state index contributed by atoms with van der Waals surface area (Å²) in [6.45, 7) is 8.98. The van der Waals surface area contributed by atoms with Crippen molar-refractivity contribution in [3.63, 3.8) is 0 Å². The molecule has 0 aliphatic heterocycles. The first-order chi connectivity index (χ1) is 9.82. The van der Waals surface area contributed by atoms with Crippen LogP contribution in [0.1, 0.15) is 39.7 Å². The Labute approximate surface area is 126 Å². The highest BCUT2D eigenvalue weighted by molar-refractivity contribution is 5.92. The van der Waals surface area contributed by atoms with Crippen molar-refractivity contribution in [2.75, 3.05) is 18.4 Å². The predicted molar refractivity (Wildman–Crippen MR) is 85.5 cm³/mol. The van der Waals surface area contributed by atoms with E-state index in [4.69, 9.17) is 0 Å². The zero-order valence-electron chi connectivity index (χ0n) is 13.2. The van der Waals surface area contributed by atoms with E-state index < -0.39 is 0 Å². The van der Waals surface area contributed by atoms with Gasteiger partial charge in [0.05, 0.1) is 6.54 Å². The van der Waals surface area contributed by atoms with Crippen LogP contribution in [-0.2, 0) is 10.2 Å². The Morgan fingerprint density at radius 2 is 1.67 bits per heavy atom. The number of hydrogen-bond donors (Lipinski definition) is 3. The normalized spacial score (nSPS) is 10.9. The van der Waals surface area contributed by atoms with E-state index in [1.54, 1.807) is 0 Å². The van der Waals surface area contributed by atoms with Gasteiger partial charge in [-0.15, -0.1) is 0 Å². The number of anilines is 1. The van der Waals surface area contributed by atoms with Gasteiger partial charge in [0.15, 0.2) is 0 Å². The number of hydrogen-bond acceptors (Lipinski definition) is 2. The predicted octanol–water partition coefficient (Wildman–Crippen LogP) is 2.63. The van der Waals surface area contributed by atoms with Crippen LogP contribution in [0.5, 0.6) is 0 Å². The number of carbonyl (C=O) groups is 2. The van der Waals surface area contributed by atoms with E-state index in [2.05, 4.69) is 36.7 Å². The largest absolute Gasteiger partial charge is 0.355 e. The van der Waals surface area contributed by atoms with Gasteiger partial charge in [0.1, 0.15) is 0 Å². The number of urea groups is 1. The van der Waals surface area contributed by atoms with Gasteiger partial charge >= 0.3 is 6.03 Å². The fourth-order valence-corrected chi connectivity index (χ4v) is 1.72. The highest BCUT2D eigenvalue weighted by Crippen LogP contribution is 2.23. The summed E-state index contributed by atoms with van der Waals surface area (Å²) in [5.74, 6) is -0.185. The number of amides is 3. The summed E-state index contributed by atoms with van der Waals surface area (Å²) in [6.07, 6.45) is 0.873. The lowest BCUT2D eigenvalue weighted by molar-refractivity contribution is -0.120. The van der Waals surface area contributed by atoms with Crippen LogP contribution in [0.25, 0.3) is 0 Å². The van der Waals surface area contributed by atoms with Crippen LogP contribution in [0.4, 0.5) is 10.5 Å². The highest BCUT2D eigenvalue weighted by Gasteiger charge is 2.13. The first-order valence-electron chi connectivity index (χ1n) is 7.25. The zero-order valence-corrected chi connectivity index (χ0v) is 13.2. The van der Waals surface area contributed by atoms with Crippen molar-refractivity contribution in [3.8, 4) is 0 Å². The van der Waals surface area contributed by atoms with Gasteiger partial charge in [0.2, 0.25) is 5.91 Å². The van der Waals surface area contributed by atoms with E-state index in [0.29, 0.717) is 12.2 Å². The number of carbonyl (C=O) groups excluding carboxylic acids is 2. The van der Waals surface area contributed by atoms with E-state index in [9.17, 15) is 9.59 Å². The molecule has 0 radical (unpaired) electrons. The average molecular weight is 291 g/mol. The smallest absolute Gasteiger partial charge is 0.319 e. The second-order valence-corrected chi connectivity index (χ2v) is 5.98. The van der Waals surface area contributed by atoms with Gasteiger partial charge in [-0.25, -0.2) is 4.79 Å². The molecule has 3 N–H and O–H groups in total. The van der Waals surface area contributed by atoms with Crippen LogP contribution in [-0.4, -0.2) is 25.0 Å². The van der Waals surface area contributed by atoms with Crippen LogP contribution in [0.3, 0.4) is 0 Å². The van der Waals surface area contributed by atoms with Gasteiger partial charge in [0.25, 0.3) is 0 Å². The first-order valence-corrected chi connectivity index (χ1v) is 7.25. The van der Waals surface area contributed by atoms with Crippen LogP contribution < -0.4 is 16.0 Å². The maximum Gasteiger partial charge on any atom is 0.319 e. The van der Waals surface area contributed by atoms with E-state index in [1.807, 2.05) is 31.2 Å². The number of nitrogens with one attached hydrogen (secondary N) is 3. The van der Waals surface area contributed by atoms with Crippen molar-refractivity contribution in [2.24, 2.45) is 0 Å². The number of rotatable bonds is 5. The lowest BCUT2D eigenvalue weighted by Gasteiger charge is -2.19. The van der Waals surface area contributed by atoms with Crippen molar-refractivity contribution < 1.29 is 9.59 Å². The third kappa shape index (κ3) is 6.29. The molecule has 0 bridgehead atoms. The van der Waals surface area contributed by atoms with E-state index in [1.165, 1.54) is 5.56 Å². The van der Waals surface area contributed by atoms with Crippen LogP contribution >= 0.6 is 0 Å². The van der Waals surface area contributed by atoms with Gasteiger partial charge in [0, 0.05) is 12.2 Å². The van der Waals surface area contributed by atoms with Crippen molar-refractivity contribution in [1.82, 2.24) is 10.6 Å². The second kappa shape index (κ2) is 7.67. The fourth-order valence-electron chi connectivity index (χ4n) is 1.72. The Balaban J connectivity index is 2.43. The van der Waals surface area contributed by atoms with E-state index >= 15 is 0 Å². The summed E-state index contributed by atoms with van der Waals surface area (Å²) in [7, 11) is 0. The van der Waals surface area contributed by atoms with Crippen LogP contribution in [0, 0.1) is 0 Å². The molecule has 0 aromatic heterocycles. The third-order valence-electron chi connectivity index (χ3n) is 2.99. The molecule has 0 aliphatic carbocycles. The Bertz CT molecular complexity index is 475. The average Bonchev–Trinajstić information content (AvgIpc) is 2.42. The van der Waals surface area contributed by atoms with Gasteiger partial charge in [-0.2, -0.15) is 0 Å². The topological polar surface area (TPSA) is 70.2 Å². The monoisotopic (exact) mass is 291 g/mol. The van der Waals surface area contributed by atoms with Gasteiger partial charge in [-0.1, -0.05) is 39.8 Å². The maximum absolute atomic E-state index is 11.7. The second-order valence-electron chi connectivity index (χ2n) is 5.98. The standard InChI is InChI=1S/C16H25N3O2/c1-5-10-17-14(20)11-18-15(21)19-13-8-6-12(7-9-13)16(2,3)4/h6-9H,5,10-11H2,1-4H3,(H,17,20)(H2,18,19,21). The highest BCUT2D eigenvalue weighted by atomic mass is 16.2. The Kier molecular flexibility index (Phi) is 6.21. The lowest BCUT2D eigenvalue weighted by atomic mass is 9.87. The zero-order chi connectivity index (χ0) is 15.9. The lowest BCUT2D eigenvalue weighted by Crippen LogP contribution is -2.39. The molecule has 3 amide bonds. The molecule has 0 saturated heterocycles. The van der Waals surface area contributed by atoms with Gasteiger partial charge < -0.3 is 16.0 Å². The van der Waals surface area contributed by atoms with E-state index in [-0.39, 0.29) is 23.9 Å². The minimum atomic E-state index is -0.384. The molecule has 0 saturated carbocycles. The van der Waals surface area contributed by atoms with Crippen molar-refractivity contribution in [1.29, 1.82) is 0 Å². The molecule has 1 aromatic carbocycles. The molecule has 116 valence electrons. The minimum Gasteiger partial charge on any atom is -0.355 e. The molecule has 0 heterocycles. The molecule has 21 heavy (non-hydrogen) atoms. The molecule has 1 aromatic rings. The van der Waals surface area contributed by atoms with Crippen molar-refractivity contribution in [2.45, 2.75) is 39.5 Å². The van der Waals surface area contributed by atoms with Crippen molar-refractivity contribution in [3.05, 3.63) is 29.8 Å². The first kappa shape index (κ1) is 17.0. The van der Waals surface area contributed by atoms with Gasteiger partial charge in [-0.05, 0) is 29.5 Å². The molecule has 5 heteroatoms. The summed E-state index contributed by atoms with van der Waals surface area (Å²) >= 11 is 0.